The second-order valence-corrected chi connectivity index (χ2v) is 8.58. The minimum Gasteiger partial charge on any atom is -0.481 e. The molecule has 152 valence electrons. The van der Waals surface area contributed by atoms with Crippen LogP contribution in [0.1, 0.15) is 53.4 Å². The van der Waals surface area contributed by atoms with Crippen molar-refractivity contribution < 1.29 is 24.2 Å². The normalized spacial score (nSPS) is 22.5. The predicted molar refractivity (Wildman–Crippen MR) is 101 cm³/mol. The van der Waals surface area contributed by atoms with Gasteiger partial charge in [0.1, 0.15) is 5.60 Å². The van der Waals surface area contributed by atoms with Gasteiger partial charge in [0.15, 0.2) is 0 Å². The Labute approximate surface area is 161 Å². The standard InChI is InChI=1S/C20H32N2O5/c1-14(17(23)22-9-5-6-16(13-22)18(24)25)12-15-7-10-21(11-8-15)19(26)27-20(2,3)4/h12,15-16H,5-11,13H2,1-4H3,(H,24,25). The zero-order valence-corrected chi connectivity index (χ0v) is 16.9. The number of hydrogen-bond donors (Lipinski definition) is 1. The molecular weight excluding hydrogens is 348 g/mol. The Bertz CT molecular complexity index is 600. The molecule has 0 radical (unpaired) electrons. The summed E-state index contributed by atoms with van der Waals surface area (Å²) in [6.45, 7) is 9.49. The Hall–Kier alpha value is -2.05. The maximum Gasteiger partial charge on any atom is 0.410 e. The molecule has 1 unspecified atom stereocenters. The molecule has 2 aliphatic heterocycles. The van der Waals surface area contributed by atoms with Gasteiger partial charge in [-0.1, -0.05) is 6.08 Å². The highest BCUT2D eigenvalue weighted by atomic mass is 16.6. The molecule has 2 fully saturated rings. The van der Waals surface area contributed by atoms with E-state index >= 15 is 0 Å². The van der Waals surface area contributed by atoms with Crippen LogP contribution in [0, 0.1) is 11.8 Å². The summed E-state index contributed by atoms with van der Waals surface area (Å²) in [6, 6.07) is 0. The Balaban J connectivity index is 1.87. The molecule has 0 aliphatic carbocycles. The molecule has 0 aromatic carbocycles. The Kier molecular flexibility index (Phi) is 6.89. The second-order valence-electron chi connectivity index (χ2n) is 8.58. The number of piperidine rings is 2. The van der Waals surface area contributed by atoms with Crippen LogP contribution in [-0.4, -0.2) is 64.7 Å². The minimum atomic E-state index is -0.830. The summed E-state index contributed by atoms with van der Waals surface area (Å²) >= 11 is 0. The molecule has 0 bridgehead atoms. The van der Waals surface area contributed by atoms with Gasteiger partial charge < -0.3 is 19.6 Å². The van der Waals surface area contributed by atoms with Crippen molar-refractivity contribution in [3.8, 4) is 0 Å². The molecule has 2 aliphatic rings. The van der Waals surface area contributed by atoms with Gasteiger partial charge in [0.2, 0.25) is 5.91 Å². The number of carboxylic acid groups (broad SMARTS) is 1. The first-order valence-corrected chi connectivity index (χ1v) is 9.75. The molecule has 0 aromatic rings. The summed E-state index contributed by atoms with van der Waals surface area (Å²) < 4.78 is 5.40. The van der Waals surface area contributed by atoms with E-state index in [1.54, 1.807) is 16.7 Å². The van der Waals surface area contributed by atoms with Crippen LogP contribution in [-0.2, 0) is 14.3 Å². The lowest BCUT2D eigenvalue weighted by atomic mass is 9.93. The van der Waals surface area contributed by atoms with Crippen LogP contribution in [0.25, 0.3) is 0 Å². The van der Waals surface area contributed by atoms with E-state index in [2.05, 4.69) is 0 Å². The number of likely N-dealkylation sites (tertiary alicyclic amines) is 2. The van der Waals surface area contributed by atoms with Gasteiger partial charge >= 0.3 is 12.1 Å². The second kappa shape index (κ2) is 8.76. The monoisotopic (exact) mass is 380 g/mol. The SMILES string of the molecule is CC(=CC1CCN(C(=O)OC(C)(C)C)CC1)C(=O)N1CCCC(C(=O)O)C1. The van der Waals surface area contributed by atoms with Gasteiger partial charge in [0, 0.05) is 31.8 Å². The Morgan fingerprint density at radius 1 is 1.04 bits per heavy atom. The van der Waals surface area contributed by atoms with Crippen LogP contribution in [0.15, 0.2) is 11.6 Å². The fourth-order valence-electron chi connectivity index (χ4n) is 3.61. The number of amides is 2. The molecule has 2 amide bonds. The van der Waals surface area contributed by atoms with Gasteiger partial charge in [-0.2, -0.15) is 0 Å². The molecular formula is C20H32N2O5. The van der Waals surface area contributed by atoms with E-state index in [-0.39, 0.29) is 24.5 Å². The number of ether oxygens (including phenoxy) is 1. The molecule has 7 heteroatoms. The maximum atomic E-state index is 12.6. The zero-order valence-electron chi connectivity index (χ0n) is 16.9. The van der Waals surface area contributed by atoms with Crippen LogP contribution in [0.3, 0.4) is 0 Å². The average molecular weight is 380 g/mol. The molecule has 27 heavy (non-hydrogen) atoms. The predicted octanol–water partition coefficient (Wildman–Crippen LogP) is 2.90. The van der Waals surface area contributed by atoms with Crippen molar-refractivity contribution in [2.24, 2.45) is 11.8 Å². The summed E-state index contributed by atoms with van der Waals surface area (Å²) in [5.41, 5.74) is 0.163. The third kappa shape index (κ3) is 6.26. The highest BCUT2D eigenvalue weighted by Gasteiger charge is 2.30. The third-order valence-corrected chi connectivity index (χ3v) is 5.07. The zero-order chi connectivity index (χ0) is 20.2. The van der Waals surface area contributed by atoms with Crippen molar-refractivity contribution in [3.05, 3.63) is 11.6 Å². The number of nitrogens with zero attached hydrogens (tertiary/aromatic N) is 2. The lowest BCUT2D eigenvalue weighted by Crippen LogP contribution is -2.43. The van der Waals surface area contributed by atoms with E-state index in [4.69, 9.17) is 4.74 Å². The van der Waals surface area contributed by atoms with Gasteiger partial charge in [-0.05, 0) is 59.3 Å². The lowest BCUT2D eigenvalue weighted by molar-refractivity contribution is -0.145. The van der Waals surface area contributed by atoms with E-state index in [0.717, 1.165) is 19.3 Å². The highest BCUT2D eigenvalue weighted by Crippen LogP contribution is 2.23. The summed E-state index contributed by atoms with van der Waals surface area (Å²) in [7, 11) is 0. The first-order chi connectivity index (χ1) is 12.6. The van der Waals surface area contributed by atoms with Crippen LogP contribution in [0.2, 0.25) is 0 Å². The Morgan fingerprint density at radius 3 is 2.22 bits per heavy atom. The van der Waals surface area contributed by atoms with Crippen LogP contribution in [0.4, 0.5) is 4.79 Å². The smallest absolute Gasteiger partial charge is 0.410 e. The number of carbonyl (C=O) groups is 3. The number of carbonyl (C=O) groups excluding carboxylic acids is 2. The highest BCUT2D eigenvalue weighted by molar-refractivity contribution is 5.93. The molecule has 2 heterocycles. The van der Waals surface area contributed by atoms with Crippen molar-refractivity contribution in [3.63, 3.8) is 0 Å². The van der Waals surface area contributed by atoms with Gasteiger partial charge in [-0.3, -0.25) is 9.59 Å². The number of allylic oxidation sites excluding steroid dienone is 1. The summed E-state index contributed by atoms with van der Waals surface area (Å²) in [5.74, 6) is -1.13. The molecule has 1 atom stereocenters. The lowest BCUT2D eigenvalue weighted by Gasteiger charge is -2.33. The van der Waals surface area contributed by atoms with Crippen molar-refractivity contribution in [1.82, 2.24) is 9.80 Å². The largest absolute Gasteiger partial charge is 0.481 e. The molecule has 1 N–H and O–H groups in total. The fourth-order valence-corrected chi connectivity index (χ4v) is 3.61. The van der Waals surface area contributed by atoms with E-state index in [9.17, 15) is 19.5 Å². The van der Waals surface area contributed by atoms with Gasteiger partial charge in [0.25, 0.3) is 0 Å². The van der Waals surface area contributed by atoms with Crippen molar-refractivity contribution in [2.75, 3.05) is 26.2 Å². The number of hydrogen-bond acceptors (Lipinski definition) is 4. The minimum absolute atomic E-state index is 0.0736. The summed E-state index contributed by atoms with van der Waals surface area (Å²) in [4.78, 5) is 39.3. The summed E-state index contributed by atoms with van der Waals surface area (Å²) in [6.07, 6.45) is 4.64. The van der Waals surface area contributed by atoms with Gasteiger partial charge in [-0.15, -0.1) is 0 Å². The van der Waals surface area contributed by atoms with Crippen LogP contribution < -0.4 is 0 Å². The topological polar surface area (TPSA) is 87.2 Å². The van der Waals surface area contributed by atoms with E-state index in [1.165, 1.54) is 0 Å². The van der Waals surface area contributed by atoms with Gasteiger partial charge in [-0.25, -0.2) is 4.79 Å². The Morgan fingerprint density at radius 2 is 1.67 bits per heavy atom. The quantitative estimate of drug-likeness (QED) is 0.761. The third-order valence-electron chi connectivity index (χ3n) is 5.07. The van der Waals surface area contributed by atoms with Crippen molar-refractivity contribution >= 4 is 18.0 Å². The number of rotatable bonds is 3. The van der Waals surface area contributed by atoms with Crippen molar-refractivity contribution in [2.45, 2.75) is 59.0 Å². The molecule has 0 spiro atoms. The van der Waals surface area contributed by atoms with E-state index in [1.807, 2.05) is 26.8 Å². The number of carboxylic acids is 1. The van der Waals surface area contributed by atoms with E-state index in [0.29, 0.717) is 31.6 Å². The molecule has 2 rings (SSSR count). The molecule has 0 saturated carbocycles. The first-order valence-electron chi connectivity index (χ1n) is 9.75. The first kappa shape index (κ1) is 21.3. The average Bonchev–Trinajstić information content (AvgIpc) is 2.60. The number of aliphatic carboxylic acids is 1. The maximum absolute atomic E-state index is 12.6. The van der Waals surface area contributed by atoms with Gasteiger partial charge in [0.05, 0.1) is 5.92 Å². The van der Waals surface area contributed by atoms with Crippen LogP contribution >= 0.6 is 0 Å². The van der Waals surface area contributed by atoms with E-state index < -0.39 is 17.5 Å². The van der Waals surface area contributed by atoms with Crippen molar-refractivity contribution in [1.29, 1.82) is 0 Å². The molecule has 2 saturated heterocycles. The molecule has 0 aromatic heterocycles. The fraction of sp³-hybridized carbons (Fsp3) is 0.750. The summed E-state index contributed by atoms with van der Waals surface area (Å²) in [5, 5.41) is 9.18. The molecule has 7 nitrogen and oxygen atoms in total. The van der Waals surface area contributed by atoms with Crippen LogP contribution in [0.5, 0.6) is 0 Å².